The minimum Gasteiger partial charge on any atom is -0.507 e. The van der Waals surface area contributed by atoms with Gasteiger partial charge in [0.2, 0.25) is 5.78 Å². The van der Waals surface area contributed by atoms with Crippen LogP contribution in [0.3, 0.4) is 0 Å². The number of nitrogens with zero attached hydrogens (tertiary/aromatic N) is 1. The molecule has 0 atom stereocenters. The highest BCUT2D eigenvalue weighted by molar-refractivity contribution is 7.90. The Balaban J connectivity index is 2.13. The lowest BCUT2D eigenvalue weighted by atomic mass is 10.1. The van der Waals surface area contributed by atoms with E-state index in [9.17, 15) is 23.1 Å². The number of carbonyl (C=O) groups is 2. The molecule has 3 rings (SSSR count). The van der Waals surface area contributed by atoms with Crippen LogP contribution in [0.5, 0.6) is 5.75 Å². The van der Waals surface area contributed by atoms with Gasteiger partial charge in [-0.25, -0.2) is 13.2 Å². The fourth-order valence-corrected chi connectivity index (χ4v) is 3.41. The molecule has 0 aliphatic rings. The summed E-state index contributed by atoms with van der Waals surface area (Å²) in [4.78, 5) is 25.0. The molecule has 0 bridgehead atoms. The lowest BCUT2D eigenvalue weighted by molar-refractivity contribution is 0.0528. The van der Waals surface area contributed by atoms with Crippen molar-refractivity contribution in [3.8, 4) is 5.75 Å². The fraction of sp³-hybridized carbons (Fsp3) is 0.158. The Morgan fingerprint density at radius 2 is 1.85 bits per heavy atom. The lowest BCUT2D eigenvalue weighted by Crippen LogP contribution is -2.06. The molecule has 0 saturated heterocycles. The zero-order chi connectivity index (χ0) is 19.8. The first-order valence-electron chi connectivity index (χ1n) is 8.09. The molecule has 0 aliphatic heterocycles. The highest BCUT2D eigenvalue weighted by Crippen LogP contribution is 2.27. The number of rotatable bonds is 5. The Bertz CT molecular complexity index is 1160. The Labute approximate surface area is 155 Å². The minimum absolute atomic E-state index is 0.0685. The van der Waals surface area contributed by atoms with Gasteiger partial charge in [0.15, 0.2) is 9.84 Å². The molecule has 0 radical (unpaired) electrons. The van der Waals surface area contributed by atoms with Crippen LogP contribution >= 0.6 is 0 Å². The SMILES string of the molecule is CCOC(=O)c1cc(C(=O)c2ccc(S(C)(=O)=O)cc2O)n2ccccc12. The number of aromatic nitrogens is 1. The molecular formula is C19H17NO6S. The van der Waals surface area contributed by atoms with Gasteiger partial charge in [0.05, 0.1) is 33.8 Å². The van der Waals surface area contributed by atoms with Crippen molar-refractivity contribution in [1.82, 2.24) is 4.40 Å². The molecule has 0 aliphatic carbocycles. The summed E-state index contributed by atoms with van der Waals surface area (Å²) >= 11 is 0. The second-order valence-electron chi connectivity index (χ2n) is 5.90. The standard InChI is InChI=1S/C19H17NO6S/c1-3-26-19(23)14-11-16(20-9-5-4-6-15(14)20)18(22)13-8-7-12(10-17(13)21)27(2,24)25/h4-11,21H,3H2,1-2H3. The van der Waals surface area contributed by atoms with E-state index in [2.05, 4.69) is 0 Å². The van der Waals surface area contributed by atoms with Gasteiger partial charge in [-0.15, -0.1) is 0 Å². The normalized spacial score (nSPS) is 11.5. The number of esters is 1. The van der Waals surface area contributed by atoms with Crippen LogP contribution in [0.2, 0.25) is 0 Å². The predicted octanol–water partition coefficient (Wildman–Crippen LogP) is 2.46. The van der Waals surface area contributed by atoms with Crippen molar-refractivity contribution in [3.05, 3.63) is 65.5 Å². The van der Waals surface area contributed by atoms with E-state index in [1.54, 1.807) is 31.3 Å². The number of ketones is 1. The molecular weight excluding hydrogens is 370 g/mol. The Morgan fingerprint density at radius 3 is 2.48 bits per heavy atom. The quantitative estimate of drug-likeness (QED) is 0.533. The first-order valence-corrected chi connectivity index (χ1v) is 9.98. The summed E-state index contributed by atoms with van der Waals surface area (Å²) in [6.07, 6.45) is 2.63. The van der Waals surface area contributed by atoms with Crippen molar-refractivity contribution < 1.29 is 27.9 Å². The summed E-state index contributed by atoms with van der Waals surface area (Å²) < 4.78 is 29.8. The number of phenolic OH excluding ortho intramolecular Hbond substituents is 1. The zero-order valence-corrected chi connectivity index (χ0v) is 15.5. The van der Waals surface area contributed by atoms with E-state index in [0.29, 0.717) is 5.52 Å². The van der Waals surface area contributed by atoms with Crippen LogP contribution in [0.1, 0.15) is 33.3 Å². The average molecular weight is 387 g/mol. The van der Waals surface area contributed by atoms with Gasteiger partial charge in [-0.1, -0.05) is 6.07 Å². The number of hydrogen-bond donors (Lipinski definition) is 1. The Morgan fingerprint density at radius 1 is 1.11 bits per heavy atom. The van der Waals surface area contributed by atoms with Crippen LogP contribution in [-0.2, 0) is 14.6 Å². The fourth-order valence-electron chi connectivity index (χ4n) is 2.77. The van der Waals surface area contributed by atoms with E-state index in [-0.39, 0.29) is 28.3 Å². The highest BCUT2D eigenvalue weighted by Gasteiger charge is 2.23. The van der Waals surface area contributed by atoms with E-state index in [1.807, 2.05) is 0 Å². The third-order valence-corrected chi connectivity index (χ3v) is 5.16. The maximum Gasteiger partial charge on any atom is 0.340 e. The van der Waals surface area contributed by atoms with Gasteiger partial charge in [0.25, 0.3) is 0 Å². The summed E-state index contributed by atoms with van der Waals surface area (Å²) in [7, 11) is -3.52. The predicted molar refractivity (Wildman–Crippen MR) is 98.0 cm³/mol. The van der Waals surface area contributed by atoms with Crippen LogP contribution in [-0.4, -0.2) is 42.5 Å². The first kappa shape index (κ1) is 18.7. The van der Waals surface area contributed by atoms with Crippen LogP contribution in [0.4, 0.5) is 0 Å². The van der Waals surface area contributed by atoms with Gasteiger partial charge in [0, 0.05) is 12.5 Å². The van der Waals surface area contributed by atoms with E-state index in [0.717, 1.165) is 12.3 Å². The topological polar surface area (TPSA) is 102 Å². The van der Waals surface area contributed by atoms with Gasteiger partial charge in [0.1, 0.15) is 5.75 Å². The van der Waals surface area contributed by atoms with Crippen molar-refractivity contribution in [2.75, 3.05) is 12.9 Å². The van der Waals surface area contributed by atoms with Crippen molar-refractivity contribution in [2.24, 2.45) is 0 Å². The van der Waals surface area contributed by atoms with Crippen LogP contribution < -0.4 is 0 Å². The number of phenols is 1. The zero-order valence-electron chi connectivity index (χ0n) is 14.7. The molecule has 27 heavy (non-hydrogen) atoms. The number of sulfone groups is 1. The molecule has 2 aromatic heterocycles. The molecule has 8 heteroatoms. The van der Waals surface area contributed by atoms with E-state index in [4.69, 9.17) is 4.74 Å². The van der Waals surface area contributed by atoms with Gasteiger partial charge in [-0.2, -0.15) is 0 Å². The molecule has 140 valence electrons. The number of benzene rings is 1. The summed E-state index contributed by atoms with van der Waals surface area (Å²) in [6, 6.07) is 10.0. The molecule has 0 fully saturated rings. The summed E-state index contributed by atoms with van der Waals surface area (Å²) in [6.45, 7) is 1.88. The maximum atomic E-state index is 13.0. The van der Waals surface area contributed by atoms with Crippen molar-refractivity contribution in [3.63, 3.8) is 0 Å². The molecule has 0 amide bonds. The third-order valence-electron chi connectivity index (χ3n) is 4.05. The van der Waals surface area contributed by atoms with E-state index < -0.39 is 27.3 Å². The van der Waals surface area contributed by atoms with Gasteiger partial charge in [-0.05, 0) is 43.3 Å². The molecule has 0 spiro atoms. The van der Waals surface area contributed by atoms with Crippen molar-refractivity contribution in [2.45, 2.75) is 11.8 Å². The van der Waals surface area contributed by atoms with Crippen molar-refractivity contribution >= 4 is 27.1 Å². The second-order valence-corrected chi connectivity index (χ2v) is 7.92. The summed E-state index contributed by atoms with van der Waals surface area (Å²) in [5.41, 5.74) is 0.803. The minimum atomic E-state index is -3.52. The van der Waals surface area contributed by atoms with Gasteiger partial charge in [-0.3, -0.25) is 4.79 Å². The number of carbonyl (C=O) groups excluding carboxylic acids is 2. The van der Waals surface area contributed by atoms with E-state index >= 15 is 0 Å². The lowest BCUT2D eigenvalue weighted by Gasteiger charge is -2.06. The molecule has 1 N–H and O–H groups in total. The van der Waals surface area contributed by atoms with Gasteiger partial charge >= 0.3 is 5.97 Å². The number of hydrogen-bond acceptors (Lipinski definition) is 6. The average Bonchev–Trinajstić information content (AvgIpc) is 3.00. The molecule has 7 nitrogen and oxygen atoms in total. The van der Waals surface area contributed by atoms with Crippen LogP contribution in [0.25, 0.3) is 5.52 Å². The highest BCUT2D eigenvalue weighted by atomic mass is 32.2. The molecule has 0 saturated carbocycles. The van der Waals surface area contributed by atoms with Crippen LogP contribution in [0.15, 0.2) is 53.6 Å². The van der Waals surface area contributed by atoms with Gasteiger partial charge < -0.3 is 14.2 Å². The van der Waals surface area contributed by atoms with Crippen molar-refractivity contribution in [1.29, 1.82) is 0 Å². The van der Waals surface area contributed by atoms with E-state index in [1.165, 1.54) is 22.6 Å². The summed E-state index contributed by atoms with van der Waals surface area (Å²) in [5.74, 6) is -1.56. The Kier molecular flexibility index (Phi) is 4.75. The monoisotopic (exact) mass is 387 g/mol. The number of aromatic hydroxyl groups is 1. The maximum absolute atomic E-state index is 13.0. The number of pyridine rings is 1. The number of ether oxygens (including phenoxy) is 1. The third kappa shape index (κ3) is 3.43. The number of fused-ring (bicyclic) bond motifs is 1. The molecule has 3 aromatic rings. The molecule has 1 aromatic carbocycles. The van der Waals surface area contributed by atoms with Crippen LogP contribution in [0, 0.1) is 0 Å². The Hall–Kier alpha value is -3.13. The molecule has 0 unspecified atom stereocenters. The smallest absolute Gasteiger partial charge is 0.340 e. The first-order chi connectivity index (χ1) is 12.7. The summed E-state index contributed by atoms with van der Waals surface area (Å²) in [5, 5.41) is 10.2. The molecule has 2 heterocycles. The largest absolute Gasteiger partial charge is 0.507 e. The second kappa shape index (κ2) is 6.88.